The molecular formula is C15H26O2. The Kier molecular flexibility index (Phi) is 2.17. The first-order valence-electron chi connectivity index (χ1n) is 7.13. The molecule has 0 unspecified atom stereocenters. The Morgan fingerprint density at radius 2 is 1.29 bits per heavy atom. The van der Waals surface area contributed by atoms with Crippen molar-refractivity contribution in [3.8, 4) is 0 Å². The molecule has 2 nitrogen and oxygen atoms in total. The lowest BCUT2D eigenvalue weighted by Gasteiger charge is -2.37. The first kappa shape index (κ1) is 12.0. The highest BCUT2D eigenvalue weighted by Gasteiger charge is 2.69. The van der Waals surface area contributed by atoms with Gasteiger partial charge in [-0.15, -0.1) is 0 Å². The van der Waals surface area contributed by atoms with E-state index in [-0.39, 0.29) is 0 Å². The first-order valence-corrected chi connectivity index (χ1v) is 7.13. The Morgan fingerprint density at radius 1 is 0.765 bits per heavy atom. The maximum absolute atomic E-state index is 10.7. The summed E-state index contributed by atoms with van der Waals surface area (Å²) in [5.74, 6) is 1.95. The number of hydrogen-bond acceptors (Lipinski definition) is 2. The van der Waals surface area contributed by atoms with E-state index < -0.39 is 11.2 Å². The molecule has 0 spiro atoms. The molecule has 0 aromatic heterocycles. The van der Waals surface area contributed by atoms with Crippen LogP contribution in [0.15, 0.2) is 0 Å². The molecule has 0 amide bonds. The highest BCUT2D eigenvalue weighted by atomic mass is 16.3. The van der Waals surface area contributed by atoms with Crippen LogP contribution in [0, 0.1) is 29.1 Å². The van der Waals surface area contributed by atoms with Gasteiger partial charge in [-0.25, -0.2) is 0 Å². The minimum absolute atomic E-state index is 0.300. The van der Waals surface area contributed by atoms with E-state index in [0.29, 0.717) is 29.1 Å². The van der Waals surface area contributed by atoms with E-state index in [4.69, 9.17) is 0 Å². The van der Waals surface area contributed by atoms with Crippen molar-refractivity contribution in [2.45, 2.75) is 64.6 Å². The lowest BCUT2D eigenvalue weighted by atomic mass is 9.73. The minimum atomic E-state index is -0.561. The molecule has 17 heavy (non-hydrogen) atoms. The molecule has 3 aliphatic carbocycles. The molecule has 3 aliphatic rings. The van der Waals surface area contributed by atoms with Crippen molar-refractivity contribution in [3.63, 3.8) is 0 Å². The third-order valence-electron chi connectivity index (χ3n) is 6.40. The molecule has 6 atom stereocenters. The summed E-state index contributed by atoms with van der Waals surface area (Å²) in [5, 5.41) is 21.3. The Morgan fingerprint density at radius 3 is 1.94 bits per heavy atom. The van der Waals surface area contributed by atoms with Gasteiger partial charge < -0.3 is 10.2 Å². The van der Waals surface area contributed by atoms with Crippen LogP contribution in [0.2, 0.25) is 0 Å². The number of rotatable bonds is 0. The summed E-state index contributed by atoms with van der Waals surface area (Å²) in [5.41, 5.74) is -0.738. The lowest BCUT2D eigenvalue weighted by Crippen LogP contribution is -2.43. The Hall–Kier alpha value is -0.0800. The second kappa shape index (κ2) is 3.08. The van der Waals surface area contributed by atoms with Crippen LogP contribution in [0.3, 0.4) is 0 Å². The van der Waals surface area contributed by atoms with E-state index in [1.165, 1.54) is 0 Å². The van der Waals surface area contributed by atoms with Gasteiger partial charge in [0.25, 0.3) is 0 Å². The highest BCUT2D eigenvalue weighted by Crippen LogP contribution is 2.71. The first-order chi connectivity index (χ1) is 7.68. The van der Waals surface area contributed by atoms with E-state index in [2.05, 4.69) is 13.8 Å². The van der Waals surface area contributed by atoms with Gasteiger partial charge in [-0.1, -0.05) is 13.8 Å². The van der Waals surface area contributed by atoms with E-state index >= 15 is 0 Å². The summed E-state index contributed by atoms with van der Waals surface area (Å²) < 4.78 is 0. The fourth-order valence-corrected chi connectivity index (χ4v) is 5.25. The molecule has 3 fully saturated rings. The summed E-state index contributed by atoms with van der Waals surface area (Å²) in [7, 11) is 0. The smallest absolute Gasteiger partial charge is 0.0654 e. The molecule has 0 radical (unpaired) electrons. The normalized spacial score (nSPS) is 60.4. The van der Waals surface area contributed by atoms with Crippen molar-refractivity contribution in [1.82, 2.24) is 0 Å². The van der Waals surface area contributed by atoms with Crippen molar-refractivity contribution in [3.05, 3.63) is 0 Å². The third kappa shape index (κ3) is 1.46. The maximum atomic E-state index is 10.7. The number of fused-ring (bicyclic) bond motifs is 3. The van der Waals surface area contributed by atoms with Gasteiger partial charge in [0, 0.05) is 0 Å². The van der Waals surface area contributed by atoms with Crippen LogP contribution in [-0.4, -0.2) is 21.4 Å². The average Bonchev–Trinajstić information content (AvgIpc) is 2.59. The predicted octanol–water partition coefficient (Wildman–Crippen LogP) is 2.58. The largest absolute Gasteiger partial charge is 0.390 e. The van der Waals surface area contributed by atoms with E-state index in [1.54, 1.807) is 0 Å². The molecule has 0 aromatic carbocycles. The summed E-state index contributed by atoms with van der Waals surface area (Å²) in [6, 6.07) is 0. The zero-order valence-corrected chi connectivity index (χ0v) is 11.5. The lowest BCUT2D eigenvalue weighted by molar-refractivity contribution is -0.0663. The van der Waals surface area contributed by atoms with Crippen molar-refractivity contribution < 1.29 is 10.2 Å². The van der Waals surface area contributed by atoms with Crippen LogP contribution in [0.5, 0.6) is 0 Å². The second-order valence-electron chi connectivity index (χ2n) is 7.88. The molecule has 0 aliphatic heterocycles. The molecular weight excluding hydrogens is 212 g/mol. The van der Waals surface area contributed by atoms with Crippen molar-refractivity contribution in [2.24, 2.45) is 29.1 Å². The van der Waals surface area contributed by atoms with Crippen LogP contribution in [0.4, 0.5) is 0 Å². The van der Waals surface area contributed by atoms with Gasteiger partial charge in [0.05, 0.1) is 11.2 Å². The average molecular weight is 238 g/mol. The number of aliphatic hydroxyl groups is 2. The monoisotopic (exact) mass is 238 g/mol. The van der Waals surface area contributed by atoms with Crippen molar-refractivity contribution in [1.29, 1.82) is 0 Å². The third-order valence-corrected chi connectivity index (χ3v) is 6.40. The zero-order chi connectivity index (χ0) is 12.6. The minimum Gasteiger partial charge on any atom is -0.390 e. The quantitative estimate of drug-likeness (QED) is 0.681. The summed E-state index contributed by atoms with van der Waals surface area (Å²) in [4.78, 5) is 0. The Balaban J connectivity index is 1.99. The molecule has 0 aromatic rings. The topological polar surface area (TPSA) is 40.5 Å². The van der Waals surface area contributed by atoms with E-state index in [9.17, 15) is 10.2 Å². The van der Waals surface area contributed by atoms with Gasteiger partial charge in [0.15, 0.2) is 0 Å². The molecule has 98 valence electrons. The Labute approximate surface area is 104 Å². The molecule has 3 saturated carbocycles. The van der Waals surface area contributed by atoms with Crippen molar-refractivity contribution in [2.75, 3.05) is 0 Å². The number of hydrogen-bond donors (Lipinski definition) is 2. The van der Waals surface area contributed by atoms with E-state index in [1.807, 2.05) is 13.8 Å². The van der Waals surface area contributed by atoms with Gasteiger partial charge in [-0.2, -0.15) is 0 Å². The molecule has 0 bridgehead atoms. The summed E-state index contributed by atoms with van der Waals surface area (Å²) in [6.07, 6.45) is 3.89. The van der Waals surface area contributed by atoms with Gasteiger partial charge in [0.2, 0.25) is 0 Å². The van der Waals surface area contributed by atoms with Crippen LogP contribution in [-0.2, 0) is 0 Å². The maximum Gasteiger partial charge on any atom is 0.0654 e. The highest BCUT2D eigenvalue weighted by molar-refractivity contribution is 5.18. The van der Waals surface area contributed by atoms with Crippen molar-refractivity contribution >= 4 is 0 Å². The predicted molar refractivity (Wildman–Crippen MR) is 67.5 cm³/mol. The van der Waals surface area contributed by atoms with Gasteiger partial charge >= 0.3 is 0 Å². The molecule has 0 heterocycles. The van der Waals surface area contributed by atoms with Gasteiger partial charge in [0.1, 0.15) is 0 Å². The van der Waals surface area contributed by atoms with Crippen LogP contribution in [0.25, 0.3) is 0 Å². The summed E-state index contributed by atoms with van der Waals surface area (Å²) >= 11 is 0. The Bertz CT molecular complexity index is 343. The van der Waals surface area contributed by atoms with E-state index in [0.717, 1.165) is 25.7 Å². The molecule has 2 heteroatoms. The van der Waals surface area contributed by atoms with Crippen LogP contribution in [0.1, 0.15) is 53.4 Å². The van der Waals surface area contributed by atoms with Gasteiger partial charge in [-0.3, -0.25) is 0 Å². The van der Waals surface area contributed by atoms with Crippen LogP contribution >= 0.6 is 0 Å². The SMILES string of the molecule is CC1(C)[C@H]2[C@@H]3[C@@H](CC[C@@]3(C)O)[C@@](C)(O)CC[C@@H]21. The second-order valence-corrected chi connectivity index (χ2v) is 7.88. The molecule has 2 N–H and O–H groups in total. The zero-order valence-electron chi connectivity index (χ0n) is 11.5. The fourth-order valence-electron chi connectivity index (χ4n) is 5.25. The van der Waals surface area contributed by atoms with Crippen LogP contribution < -0.4 is 0 Å². The van der Waals surface area contributed by atoms with Gasteiger partial charge in [-0.05, 0) is 68.6 Å². The summed E-state index contributed by atoms with van der Waals surface area (Å²) in [6.45, 7) is 8.66. The standard InChI is InChI=1S/C15H26O2/c1-13(2)9-5-7-14(3,16)10-6-8-15(4,17)12(10)11(9)13/h9-12,16-17H,5-8H2,1-4H3/t9-,10+,11+,12-,14-,15+/m0/s1. The molecule has 0 saturated heterocycles. The molecule has 3 rings (SSSR count). The fraction of sp³-hybridized carbons (Fsp3) is 1.00.